The zero-order valence-electron chi connectivity index (χ0n) is 9.07. The van der Waals surface area contributed by atoms with Crippen LogP contribution >= 0.6 is 0 Å². The van der Waals surface area contributed by atoms with Gasteiger partial charge in [-0.1, -0.05) is 0 Å². The van der Waals surface area contributed by atoms with Crippen molar-refractivity contribution in [2.45, 2.75) is 13.8 Å². The van der Waals surface area contributed by atoms with E-state index in [-0.39, 0.29) is 0 Å². The third kappa shape index (κ3) is 2.84. The van der Waals surface area contributed by atoms with Crippen molar-refractivity contribution in [3.05, 3.63) is 34.9 Å². The lowest BCUT2D eigenvalue weighted by Crippen LogP contribution is -1.92. The first-order valence-corrected chi connectivity index (χ1v) is 4.61. The van der Waals surface area contributed by atoms with Crippen LogP contribution < -0.4 is 4.74 Å². The highest BCUT2D eigenvalue weighted by Gasteiger charge is 2.02. The van der Waals surface area contributed by atoms with Crippen molar-refractivity contribution in [3.8, 4) is 5.75 Å². The van der Waals surface area contributed by atoms with E-state index in [4.69, 9.17) is 9.84 Å². The number of benzene rings is 1. The molecule has 0 saturated carbocycles. The van der Waals surface area contributed by atoms with E-state index in [1.54, 1.807) is 13.2 Å². The number of aryl methyl sites for hydroxylation is 2. The molecule has 1 aromatic rings. The quantitative estimate of drug-likeness (QED) is 0.772. The van der Waals surface area contributed by atoms with E-state index in [1.807, 2.05) is 26.0 Å². The number of hydrogen-bond acceptors (Lipinski definition) is 2. The van der Waals surface area contributed by atoms with Crippen molar-refractivity contribution < 1.29 is 14.6 Å². The van der Waals surface area contributed by atoms with Gasteiger partial charge in [0.15, 0.2) is 0 Å². The van der Waals surface area contributed by atoms with E-state index < -0.39 is 5.97 Å². The molecule has 0 bridgehead atoms. The fourth-order valence-electron chi connectivity index (χ4n) is 1.37. The summed E-state index contributed by atoms with van der Waals surface area (Å²) in [5, 5.41) is 8.52. The second kappa shape index (κ2) is 4.64. The summed E-state index contributed by atoms with van der Waals surface area (Å²) in [6.45, 7) is 3.85. The van der Waals surface area contributed by atoms with Crippen LogP contribution in [0.2, 0.25) is 0 Å². The molecule has 0 heterocycles. The molecule has 0 saturated heterocycles. The molecule has 0 aromatic heterocycles. The minimum Gasteiger partial charge on any atom is -0.496 e. The first-order chi connectivity index (χ1) is 7.04. The predicted octanol–water partition coefficient (Wildman–Crippen LogP) is 2.41. The average molecular weight is 206 g/mol. The zero-order valence-corrected chi connectivity index (χ0v) is 9.07. The van der Waals surface area contributed by atoms with Crippen LogP contribution in [0.25, 0.3) is 6.08 Å². The fraction of sp³-hybridized carbons (Fsp3) is 0.250. The second-order valence-electron chi connectivity index (χ2n) is 3.35. The molecule has 15 heavy (non-hydrogen) atoms. The Labute approximate surface area is 89.0 Å². The van der Waals surface area contributed by atoms with E-state index in [0.29, 0.717) is 0 Å². The Morgan fingerprint density at radius 1 is 1.33 bits per heavy atom. The van der Waals surface area contributed by atoms with Gasteiger partial charge in [0.25, 0.3) is 0 Å². The molecule has 0 spiro atoms. The lowest BCUT2D eigenvalue weighted by Gasteiger charge is -2.08. The number of methoxy groups -OCH3 is 1. The molecule has 0 aliphatic carbocycles. The van der Waals surface area contributed by atoms with E-state index >= 15 is 0 Å². The molecule has 0 unspecified atom stereocenters. The van der Waals surface area contributed by atoms with Crippen LogP contribution in [0.15, 0.2) is 18.2 Å². The van der Waals surface area contributed by atoms with Crippen LogP contribution in [0, 0.1) is 13.8 Å². The minimum absolute atomic E-state index is 0.819. The van der Waals surface area contributed by atoms with Crippen molar-refractivity contribution in [1.29, 1.82) is 0 Å². The molecule has 0 amide bonds. The van der Waals surface area contributed by atoms with Crippen LogP contribution in [0.4, 0.5) is 0 Å². The Morgan fingerprint density at radius 3 is 2.53 bits per heavy atom. The van der Waals surface area contributed by atoms with Gasteiger partial charge in [-0.15, -0.1) is 0 Å². The average Bonchev–Trinajstić information content (AvgIpc) is 2.18. The van der Waals surface area contributed by atoms with Crippen molar-refractivity contribution >= 4 is 12.0 Å². The largest absolute Gasteiger partial charge is 0.496 e. The number of aliphatic carboxylic acids is 1. The van der Waals surface area contributed by atoms with Crippen LogP contribution in [0.3, 0.4) is 0 Å². The highest BCUT2D eigenvalue weighted by atomic mass is 16.5. The van der Waals surface area contributed by atoms with Gasteiger partial charge in [-0.05, 0) is 48.7 Å². The Hall–Kier alpha value is -1.77. The molecule has 3 heteroatoms. The Balaban J connectivity index is 3.10. The lowest BCUT2D eigenvalue weighted by molar-refractivity contribution is -0.131. The standard InChI is InChI=1S/C12H14O3/c1-8-7-11(15-3)9(2)6-10(8)4-5-12(13)14/h4-7H,1-3H3,(H,13,14)/b5-4+. The molecule has 0 fully saturated rings. The van der Waals surface area contributed by atoms with Crippen LogP contribution in [-0.2, 0) is 4.79 Å². The maximum Gasteiger partial charge on any atom is 0.328 e. The highest BCUT2D eigenvalue weighted by Crippen LogP contribution is 2.23. The summed E-state index contributed by atoms with van der Waals surface area (Å²) in [4.78, 5) is 10.4. The number of carboxylic acid groups (broad SMARTS) is 1. The van der Waals surface area contributed by atoms with Gasteiger partial charge in [0.2, 0.25) is 0 Å². The molecule has 0 aliphatic rings. The van der Waals surface area contributed by atoms with Gasteiger partial charge in [-0.25, -0.2) is 4.79 Å². The van der Waals surface area contributed by atoms with Crippen LogP contribution in [0.5, 0.6) is 5.75 Å². The fourth-order valence-corrected chi connectivity index (χ4v) is 1.37. The monoisotopic (exact) mass is 206 g/mol. The van der Waals surface area contributed by atoms with E-state index in [9.17, 15) is 4.79 Å². The molecule has 1 aromatic carbocycles. The first kappa shape index (κ1) is 11.3. The SMILES string of the molecule is COc1cc(C)c(/C=C/C(=O)O)cc1C. The Morgan fingerprint density at radius 2 is 2.00 bits per heavy atom. The van der Waals surface area contributed by atoms with E-state index in [1.165, 1.54) is 0 Å². The minimum atomic E-state index is -0.942. The maximum absolute atomic E-state index is 10.4. The van der Waals surface area contributed by atoms with Crippen LogP contribution in [-0.4, -0.2) is 18.2 Å². The highest BCUT2D eigenvalue weighted by molar-refractivity contribution is 5.85. The van der Waals surface area contributed by atoms with Gasteiger partial charge in [-0.3, -0.25) is 0 Å². The summed E-state index contributed by atoms with van der Waals surface area (Å²) in [6.07, 6.45) is 2.72. The number of rotatable bonds is 3. The van der Waals surface area contributed by atoms with Gasteiger partial charge < -0.3 is 9.84 Å². The number of carbonyl (C=O) groups is 1. The molecule has 0 aliphatic heterocycles. The van der Waals surface area contributed by atoms with Gasteiger partial charge >= 0.3 is 5.97 Å². The molecular formula is C12H14O3. The summed E-state index contributed by atoms with van der Waals surface area (Å²) in [5.41, 5.74) is 2.89. The van der Waals surface area contributed by atoms with Crippen molar-refractivity contribution in [3.63, 3.8) is 0 Å². The number of carboxylic acids is 1. The summed E-state index contributed by atoms with van der Waals surface area (Å²) >= 11 is 0. The summed E-state index contributed by atoms with van der Waals surface area (Å²) in [6, 6.07) is 3.81. The first-order valence-electron chi connectivity index (χ1n) is 4.61. The molecule has 3 nitrogen and oxygen atoms in total. The van der Waals surface area contributed by atoms with Crippen molar-refractivity contribution in [1.82, 2.24) is 0 Å². The third-order valence-electron chi connectivity index (χ3n) is 2.19. The molecule has 80 valence electrons. The molecule has 1 rings (SSSR count). The van der Waals surface area contributed by atoms with Gasteiger partial charge in [-0.2, -0.15) is 0 Å². The maximum atomic E-state index is 10.4. The molecule has 0 radical (unpaired) electrons. The smallest absolute Gasteiger partial charge is 0.328 e. The summed E-state index contributed by atoms with van der Waals surface area (Å²) < 4.78 is 5.17. The summed E-state index contributed by atoms with van der Waals surface area (Å²) in [7, 11) is 1.62. The lowest BCUT2D eigenvalue weighted by atomic mass is 10.0. The van der Waals surface area contributed by atoms with E-state index in [2.05, 4.69) is 0 Å². The van der Waals surface area contributed by atoms with Crippen LogP contribution in [0.1, 0.15) is 16.7 Å². The third-order valence-corrected chi connectivity index (χ3v) is 2.19. The topological polar surface area (TPSA) is 46.5 Å². The number of hydrogen-bond donors (Lipinski definition) is 1. The molecular weight excluding hydrogens is 192 g/mol. The normalized spacial score (nSPS) is 10.6. The Kier molecular flexibility index (Phi) is 3.50. The zero-order chi connectivity index (χ0) is 11.4. The van der Waals surface area contributed by atoms with E-state index in [0.717, 1.165) is 28.5 Å². The Bertz CT molecular complexity index is 406. The van der Waals surface area contributed by atoms with Gasteiger partial charge in [0.1, 0.15) is 5.75 Å². The van der Waals surface area contributed by atoms with Crippen molar-refractivity contribution in [2.24, 2.45) is 0 Å². The predicted molar refractivity (Wildman–Crippen MR) is 59.1 cm³/mol. The van der Waals surface area contributed by atoms with Crippen molar-refractivity contribution in [2.75, 3.05) is 7.11 Å². The second-order valence-corrected chi connectivity index (χ2v) is 3.35. The number of ether oxygens (including phenoxy) is 1. The molecule has 0 atom stereocenters. The van der Waals surface area contributed by atoms with Gasteiger partial charge in [0, 0.05) is 6.08 Å². The summed E-state index contributed by atoms with van der Waals surface area (Å²) in [5.74, 6) is -0.122. The van der Waals surface area contributed by atoms with Gasteiger partial charge in [0.05, 0.1) is 7.11 Å². The molecule has 1 N–H and O–H groups in total.